The van der Waals surface area contributed by atoms with Crippen LogP contribution in [0.1, 0.15) is 25.0 Å². The molecule has 7 heteroatoms. The summed E-state index contributed by atoms with van der Waals surface area (Å²) in [7, 11) is 0. The molecule has 29 heavy (non-hydrogen) atoms. The summed E-state index contributed by atoms with van der Waals surface area (Å²) in [6.07, 6.45) is 3.34. The number of halogens is 1. The fraction of sp³-hybridized carbons (Fsp3) is 0.273. The number of hydrazone groups is 1. The number of nitrogens with one attached hydrogen (secondary N) is 1. The van der Waals surface area contributed by atoms with Crippen LogP contribution in [0.25, 0.3) is 0 Å². The summed E-state index contributed by atoms with van der Waals surface area (Å²) in [5, 5.41) is 4.39. The lowest BCUT2D eigenvalue weighted by molar-refractivity contribution is -0.120. The molecule has 0 saturated heterocycles. The van der Waals surface area contributed by atoms with E-state index in [0.717, 1.165) is 11.3 Å². The number of hydrogen-bond acceptors (Lipinski definition) is 5. The molecule has 0 aromatic heterocycles. The van der Waals surface area contributed by atoms with E-state index in [-0.39, 0.29) is 12.3 Å². The topological polar surface area (TPSA) is 69.2 Å². The van der Waals surface area contributed by atoms with Gasteiger partial charge in [0, 0.05) is 0 Å². The normalized spacial score (nSPS) is 10.6. The maximum atomic E-state index is 12.1. The molecule has 6 nitrogen and oxygen atoms in total. The molecular formula is C22H25ClN2O4. The summed E-state index contributed by atoms with van der Waals surface area (Å²) in [6, 6.07) is 10.8. The molecule has 0 aliphatic carbocycles. The Bertz CT molecular complexity index is 851. The van der Waals surface area contributed by atoms with Crippen LogP contribution in [0.15, 0.2) is 54.2 Å². The molecule has 2 rings (SSSR count). The van der Waals surface area contributed by atoms with Gasteiger partial charge in [0.1, 0.15) is 12.4 Å². The number of benzene rings is 2. The van der Waals surface area contributed by atoms with E-state index in [9.17, 15) is 4.79 Å². The number of rotatable bonds is 11. The average molecular weight is 417 g/mol. The zero-order chi connectivity index (χ0) is 21.1. The molecule has 2 aromatic carbocycles. The number of ether oxygens (including phenoxy) is 3. The molecule has 2 aromatic rings. The van der Waals surface area contributed by atoms with Gasteiger partial charge in [-0.3, -0.25) is 4.79 Å². The highest BCUT2D eigenvalue weighted by Gasteiger charge is 2.12. The first-order valence-electron chi connectivity index (χ1n) is 9.31. The Morgan fingerprint density at radius 2 is 1.86 bits per heavy atom. The van der Waals surface area contributed by atoms with Gasteiger partial charge in [0.2, 0.25) is 5.91 Å². The summed E-state index contributed by atoms with van der Waals surface area (Å²) < 4.78 is 16.5. The summed E-state index contributed by atoms with van der Waals surface area (Å²) in [4.78, 5) is 12.1. The molecule has 0 aliphatic rings. The Hall–Kier alpha value is -2.99. The van der Waals surface area contributed by atoms with Gasteiger partial charge >= 0.3 is 0 Å². The van der Waals surface area contributed by atoms with Gasteiger partial charge < -0.3 is 14.2 Å². The third-order valence-electron chi connectivity index (χ3n) is 3.68. The first-order chi connectivity index (χ1) is 14.1. The minimum Gasteiger partial charge on any atom is -0.494 e. The van der Waals surface area contributed by atoms with E-state index < -0.39 is 0 Å². The lowest BCUT2D eigenvalue weighted by atomic mass is 10.1. The fourth-order valence-corrected chi connectivity index (χ4v) is 2.76. The van der Waals surface area contributed by atoms with Gasteiger partial charge in [-0.1, -0.05) is 36.4 Å². The van der Waals surface area contributed by atoms with Crippen molar-refractivity contribution in [2.45, 2.75) is 20.3 Å². The van der Waals surface area contributed by atoms with E-state index in [4.69, 9.17) is 25.8 Å². The van der Waals surface area contributed by atoms with Gasteiger partial charge in [-0.2, -0.15) is 5.10 Å². The lowest BCUT2D eigenvalue weighted by Gasteiger charge is -2.13. The molecule has 0 saturated carbocycles. The van der Waals surface area contributed by atoms with Gasteiger partial charge in [0.15, 0.2) is 11.5 Å². The third kappa shape index (κ3) is 7.16. The molecule has 0 spiro atoms. The van der Waals surface area contributed by atoms with Gasteiger partial charge in [-0.05, 0) is 49.2 Å². The highest BCUT2D eigenvalue weighted by atomic mass is 35.5. The highest BCUT2D eigenvalue weighted by molar-refractivity contribution is 6.32. The van der Waals surface area contributed by atoms with Crippen LogP contribution in [0.2, 0.25) is 5.02 Å². The molecule has 0 heterocycles. The standard InChI is InChI=1S/C22H25ClN2O4/c1-4-11-29-22-19(23)12-17(13-20(22)28-6-3)15-24-25-21(26)14-16-7-9-18(10-8-16)27-5-2/h4,7-10,12-13,15H,1,5-6,11,14H2,2-3H3,(H,25,26)/b24-15-. The van der Waals surface area contributed by atoms with Crippen LogP contribution in [0.4, 0.5) is 0 Å². The van der Waals surface area contributed by atoms with Crippen molar-refractivity contribution in [1.29, 1.82) is 0 Å². The molecule has 0 unspecified atom stereocenters. The van der Waals surface area contributed by atoms with Gasteiger partial charge in [-0.15, -0.1) is 0 Å². The van der Waals surface area contributed by atoms with E-state index in [1.807, 2.05) is 38.1 Å². The quantitative estimate of drug-likeness (QED) is 0.335. The molecule has 0 aliphatic heterocycles. The third-order valence-corrected chi connectivity index (χ3v) is 3.96. The van der Waals surface area contributed by atoms with Crippen LogP contribution in [0.3, 0.4) is 0 Å². The number of carbonyl (C=O) groups excluding carboxylic acids is 1. The Morgan fingerprint density at radius 3 is 2.52 bits per heavy atom. The summed E-state index contributed by atoms with van der Waals surface area (Å²) in [5.74, 6) is 1.50. The van der Waals surface area contributed by atoms with Crippen molar-refractivity contribution in [2.75, 3.05) is 19.8 Å². The van der Waals surface area contributed by atoms with Crippen molar-refractivity contribution in [1.82, 2.24) is 5.43 Å². The van der Waals surface area contributed by atoms with Crippen molar-refractivity contribution < 1.29 is 19.0 Å². The van der Waals surface area contributed by atoms with Crippen molar-refractivity contribution >= 4 is 23.7 Å². The minimum atomic E-state index is -0.229. The van der Waals surface area contributed by atoms with Crippen LogP contribution >= 0.6 is 11.6 Å². The van der Waals surface area contributed by atoms with Crippen molar-refractivity contribution in [2.24, 2.45) is 5.10 Å². The van der Waals surface area contributed by atoms with Crippen LogP contribution < -0.4 is 19.6 Å². The largest absolute Gasteiger partial charge is 0.494 e. The fourth-order valence-electron chi connectivity index (χ4n) is 2.48. The molecule has 0 fully saturated rings. The molecular weight excluding hydrogens is 392 g/mol. The first kappa shape index (κ1) is 22.3. The van der Waals surface area contributed by atoms with Gasteiger partial charge in [-0.25, -0.2) is 5.43 Å². The van der Waals surface area contributed by atoms with Gasteiger partial charge in [0.25, 0.3) is 0 Å². The lowest BCUT2D eigenvalue weighted by Crippen LogP contribution is -2.19. The SMILES string of the molecule is C=CCOc1c(Cl)cc(/C=N\NC(=O)Cc2ccc(OCC)cc2)cc1OCC. The number of hydrogen-bond donors (Lipinski definition) is 1. The maximum Gasteiger partial charge on any atom is 0.244 e. The Kier molecular flexibility index (Phi) is 9.05. The van der Waals surface area contributed by atoms with E-state index in [2.05, 4.69) is 17.1 Å². The predicted octanol–water partition coefficient (Wildman–Crippen LogP) is 4.40. The smallest absolute Gasteiger partial charge is 0.244 e. The van der Waals surface area contributed by atoms with Crippen LogP contribution in [0, 0.1) is 0 Å². The molecule has 1 amide bonds. The predicted molar refractivity (Wildman–Crippen MR) is 115 cm³/mol. The molecule has 0 radical (unpaired) electrons. The first-order valence-corrected chi connectivity index (χ1v) is 9.68. The van der Waals surface area contributed by atoms with Crippen molar-refractivity contribution in [3.63, 3.8) is 0 Å². The summed E-state index contributed by atoms with van der Waals surface area (Å²) in [5.41, 5.74) is 4.05. The summed E-state index contributed by atoms with van der Waals surface area (Å²) >= 11 is 6.29. The highest BCUT2D eigenvalue weighted by Crippen LogP contribution is 2.36. The molecule has 0 atom stereocenters. The Balaban J connectivity index is 1.99. The van der Waals surface area contributed by atoms with Crippen molar-refractivity contribution in [3.05, 3.63) is 65.2 Å². The Morgan fingerprint density at radius 1 is 1.14 bits per heavy atom. The number of carbonyl (C=O) groups is 1. The van der Waals surface area contributed by atoms with Crippen LogP contribution in [-0.2, 0) is 11.2 Å². The molecule has 1 N–H and O–H groups in total. The minimum absolute atomic E-state index is 0.211. The monoisotopic (exact) mass is 416 g/mol. The number of amides is 1. The second-order valence-corrected chi connectivity index (χ2v) is 6.32. The molecule has 154 valence electrons. The van der Waals surface area contributed by atoms with E-state index >= 15 is 0 Å². The zero-order valence-corrected chi connectivity index (χ0v) is 17.4. The molecule has 0 bridgehead atoms. The Labute approximate surface area is 176 Å². The van der Waals surface area contributed by atoms with E-state index in [1.54, 1.807) is 18.2 Å². The van der Waals surface area contributed by atoms with E-state index in [0.29, 0.717) is 41.9 Å². The van der Waals surface area contributed by atoms with Gasteiger partial charge in [0.05, 0.1) is 30.9 Å². The number of nitrogens with zero attached hydrogens (tertiary/aromatic N) is 1. The van der Waals surface area contributed by atoms with Crippen LogP contribution in [-0.4, -0.2) is 31.9 Å². The maximum absolute atomic E-state index is 12.1. The summed E-state index contributed by atoms with van der Waals surface area (Å²) in [6.45, 7) is 8.79. The van der Waals surface area contributed by atoms with Crippen LogP contribution in [0.5, 0.6) is 17.2 Å². The van der Waals surface area contributed by atoms with Crippen molar-refractivity contribution in [3.8, 4) is 17.2 Å². The second-order valence-electron chi connectivity index (χ2n) is 5.91. The van der Waals surface area contributed by atoms with E-state index in [1.165, 1.54) is 6.21 Å². The average Bonchev–Trinajstić information content (AvgIpc) is 2.69. The second kappa shape index (κ2) is 11.8. The zero-order valence-electron chi connectivity index (χ0n) is 16.6.